The number of thiophene rings is 1. The average molecular weight is 233 g/mol. The van der Waals surface area contributed by atoms with Crippen molar-refractivity contribution in [2.24, 2.45) is 0 Å². The largest absolute Gasteiger partial charge is 0.480 e. The maximum absolute atomic E-state index is 10.4. The van der Waals surface area contributed by atoms with E-state index in [-0.39, 0.29) is 6.54 Å². The van der Waals surface area contributed by atoms with Gasteiger partial charge in [0.1, 0.15) is 6.54 Å². The SMILES string of the molecule is C=C(NCC(=O)O)c1cc2ccccc2s1. The molecule has 0 aliphatic carbocycles. The van der Waals surface area contributed by atoms with Gasteiger partial charge in [-0.2, -0.15) is 0 Å². The van der Waals surface area contributed by atoms with E-state index in [1.807, 2.05) is 30.3 Å². The van der Waals surface area contributed by atoms with Crippen LogP contribution >= 0.6 is 11.3 Å². The van der Waals surface area contributed by atoms with Gasteiger partial charge < -0.3 is 10.4 Å². The molecular weight excluding hydrogens is 222 g/mol. The normalized spacial score (nSPS) is 10.2. The van der Waals surface area contributed by atoms with E-state index < -0.39 is 5.97 Å². The third kappa shape index (κ3) is 2.23. The third-order valence-corrected chi connectivity index (χ3v) is 3.35. The van der Waals surface area contributed by atoms with Gasteiger partial charge in [-0.25, -0.2) is 0 Å². The number of carboxylic acids is 1. The van der Waals surface area contributed by atoms with Gasteiger partial charge in [-0.15, -0.1) is 11.3 Å². The number of aliphatic carboxylic acids is 1. The molecule has 82 valence electrons. The van der Waals surface area contributed by atoms with Gasteiger partial charge in [0.2, 0.25) is 0 Å². The van der Waals surface area contributed by atoms with Crippen LogP contribution in [0.4, 0.5) is 0 Å². The highest BCUT2D eigenvalue weighted by molar-refractivity contribution is 7.20. The van der Waals surface area contributed by atoms with Gasteiger partial charge in [0.25, 0.3) is 0 Å². The van der Waals surface area contributed by atoms with Gasteiger partial charge in [-0.3, -0.25) is 4.79 Å². The lowest BCUT2D eigenvalue weighted by Crippen LogP contribution is -2.20. The Hall–Kier alpha value is -1.81. The molecule has 0 aliphatic heterocycles. The highest BCUT2D eigenvalue weighted by atomic mass is 32.1. The third-order valence-electron chi connectivity index (χ3n) is 2.18. The van der Waals surface area contributed by atoms with Gasteiger partial charge in [0.15, 0.2) is 0 Å². The summed E-state index contributed by atoms with van der Waals surface area (Å²) in [6, 6.07) is 10.0. The predicted octanol–water partition coefficient (Wildman–Crippen LogP) is 2.55. The molecule has 1 heterocycles. The van der Waals surface area contributed by atoms with E-state index in [0.717, 1.165) is 10.3 Å². The minimum Gasteiger partial charge on any atom is -0.480 e. The molecule has 1 aromatic heterocycles. The van der Waals surface area contributed by atoms with Gasteiger partial charge in [-0.1, -0.05) is 24.8 Å². The second kappa shape index (κ2) is 4.37. The zero-order valence-electron chi connectivity index (χ0n) is 8.56. The molecule has 0 unspecified atom stereocenters. The fourth-order valence-corrected chi connectivity index (χ4v) is 2.41. The molecule has 0 amide bonds. The van der Waals surface area contributed by atoms with Crippen molar-refractivity contribution in [2.45, 2.75) is 0 Å². The fraction of sp³-hybridized carbons (Fsp3) is 0.0833. The van der Waals surface area contributed by atoms with Gasteiger partial charge >= 0.3 is 5.97 Å². The predicted molar refractivity (Wildman–Crippen MR) is 66.5 cm³/mol. The minimum absolute atomic E-state index is 0.104. The summed E-state index contributed by atoms with van der Waals surface area (Å²) in [5, 5.41) is 12.5. The molecule has 2 N–H and O–H groups in total. The van der Waals surface area contributed by atoms with Crippen molar-refractivity contribution in [1.82, 2.24) is 5.32 Å². The summed E-state index contributed by atoms with van der Waals surface area (Å²) in [4.78, 5) is 11.4. The van der Waals surface area contributed by atoms with Crippen molar-refractivity contribution in [2.75, 3.05) is 6.54 Å². The molecule has 0 radical (unpaired) electrons. The van der Waals surface area contributed by atoms with E-state index in [4.69, 9.17) is 5.11 Å². The molecule has 0 aliphatic rings. The van der Waals surface area contributed by atoms with E-state index in [1.54, 1.807) is 11.3 Å². The Kier molecular flexibility index (Phi) is 2.92. The Balaban J connectivity index is 2.20. The number of carbonyl (C=O) groups is 1. The number of hydrogen-bond donors (Lipinski definition) is 2. The summed E-state index contributed by atoms with van der Waals surface area (Å²) in [5.74, 6) is -0.887. The Morgan fingerprint density at radius 2 is 2.19 bits per heavy atom. The number of hydrogen-bond acceptors (Lipinski definition) is 3. The minimum atomic E-state index is -0.887. The van der Waals surface area contributed by atoms with E-state index >= 15 is 0 Å². The highest BCUT2D eigenvalue weighted by Crippen LogP contribution is 2.28. The first kappa shape index (κ1) is 10.7. The molecule has 0 bridgehead atoms. The molecule has 4 heteroatoms. The lowest BCUT2D eigenvalue weighted by atomic mass is 10.2. The smallest absolute Gasteiger partial charge is 0.322 e. The topological polar surface area (TPSA) is 49.3 Å². The van der Waals surface area contributed by atoms with Crippen molar-refractivity contribution in [3.8, 4) is 0 Å². The van der Waals surface area contributed by atoms with Gasteiger partial charge in [0.05, 0.1) is 4.88 Å². The maximum Gasteiger partial charge on any atom is 0.322 e. The van der Waals surface area contributed by atoms with E-state index in [0.29, 0.717) is 5.70 Å². The Bertz CT molecular complexity index is 512. The molecule has 0 atom stereocenters. The van der Waals surface area contributed by atoms with Crippen molar-refractivity contribution in [1.29, 1.82) is 0 Å². The van der Waals surface area contributed by atoms with E-state index in [2.05, 4.69) is 11.9 Å². The molecule has 2 aromatic rings. The van der Waals surface area contributed by atoms with Crippen LogP contribution in [0.2, 0.25) is 0 Å². The van der Waals surface area contributed by atoms with Crippen LogP contribution in [0.15, 0.2) is 36.9 Å². The summed E-state index contributed by atoms with van der Waals surface area (Å²) >= 11 is 1.60. The molecule has 0 fully saturated rings. The summed E-state index contributed by atoms with van der Waals surface area (Å²) in [6.07, 6.45) is 0. The second-order valence-electron chi connectivity index (χ2n) is 3.37. The quantitative estimate of drug-likeness (QED) is 0.853. The maximum atomic E-state index is 10.4. The van der Waals surface area contributed by atoms with Gasteiger partial charge in [-0.05, 0) is 17.5 Å². The molecule has 2 rings (SSSR count). The summed E-state index contributed by atoms with van der Waals surface area (Å²) in [6.45, 7) is 3.72. The average Bonchev–Trinajstić information content (AvgIpc) is 2.69. The molecule has 0 saturated carbocycles. The van der Waals surface area contributed by atoms with Crippen molar-refractivity contribution < 1.29 is 9.90 Å². The molecule has 1 aromatic carbocycles. The Morgan fingerprint density at radius 1 is 1.44 bits per heavy atom. The molecule has 0 saturated heterocycles. The van der Waals surface area contributed by atoms with Crippen LogP contribution in [0.3, 0.4) is 0 Å². The Labute approximate surface area is 97.0 Å². The van der Waals surface area contributed by atoms with Crippen LogP contribution in [-0.2, 0) is 4.79 Å². The van der Waals surface area contributed by atoms with Crippen LogP contribution < -0.4 is 5.32 Å². The summed E-state index contributed by atoms with van der Waals surface area (Å²) in [5.41, 5.74) is 0.656. The van der Waals surface area contributed by atoms with Crippen molar-refractivity contribution >= 4 is 33.1 Å². The van der Waals surface area contributed by atoms with Crippen LogP contribution in [0.25, 0.3) is 15.8 Å². The first-order valence-corrected chi connectivity index (χ1v) is 5.62. The molecular formula is C12H11NO2S. The van der Waals surface area contributed by atoms with Crippen LogP contribution in [0.1, 0.15) is 4.88 Å². The number of nitrogens with one attached hydrogen (secondary N) is 1. The number of fused-ring (bicyclic) bond motifs is 1. The first-order chi connectivity index (χ1) is 7.66. The van der Waals surface area contributed by atoms with E-state index in [9.17, 15) is 4.79 Å². The lowest BCUT2D eigenvalue weighted by molar-refractivity contribution is -0.135. The zero-order valence-corrected chi connectivity index (χ0v) is 9.38. The zero-order chi connectivity index (χ0) is 11.5. The van der Waals surface area contributed by atoms with Crippen LogP contribution in [-0.4, -0.2) is 17.6 Å². The standard InChI is InChI=1S/C12H11NO2S/c1-8(13-7-12(14)15)11-6-9-4-2-3-5-10(9)16-11/h2-6,13H,1,7H2,(H,14,15). The van der Waals surface area contributed by atoms with Crippen LogP contribution in [0.5, 0.6) is 0 Å². The van der Waals surface area contributed by atoms with Crippen LogP contribution in [0, 0.1) is 0 Å². The summed E-state index contributed by atoms with van der Waals surface area (Å²) in [7, 11) is 0. The van der Waals surface area contributed by atoms with E-state index in [1.165, 1.54) is 4.70 Å². The number of carboxylic acid groups (broad SMARTS) is 1. The highest BCUT2D eigenvalue weighted by Gasteiger charge is 2.05. The number of rotatable bonds is 4. The number of benzene rings is 1. The van der Waals surface area contributed by atoms with Crippen molar-refractivity contribution in [3.63, 3.8) is 0 Å². The lowest BCUT2D eigenvalue weighted by Gasteiger charge is -2.03. The van der Waals surface area contributed by atoms with Crippen molar-refractivity contribution in [3.05, 3.63) is 41.8 Å². The molecule has 3 nitrogen and oxygen atoms in total. The molecule has 0 spiro atoms. The Morgan fingerprint density at radius 3 is 2.88 bits per heavy atom. The fourth-order valence-electron chi connectivity index (χ4n) is 1.40. The first-order valence-electron chi connectivity index (χ1n) is 4.80. The second-order valence-corrected chi connectivity index (χ2v) is 4.46. The molecule has 16 heavy (non-hydrogen) atoms. The summed E-state index contributed by atoms with van der Waals surface area (Å²) < 4.78 is 1.18. The monoisotopic (exact) mass is 233 g/mol. The van der Waals surface area contributed by atoms with Gasteiger partial charge in [0, 0.05) is 10.4 Å².